The zero-order chi connectivity index (χ0) is 17.9. The van der Waals surface area contributed by atoms with Gasteiger partial charge < -0.3 is 11.1 Å². The normalized spacial score (nSPS) is 10.8. The second-order valence-electron chi connectivity index (χ2n) is 6.11. The second-order valence-corrected chi connectivity index (χ2v) is 6.11. The second kappa shape index (κ2) is 6.72. The molecule has 1 aromatic heterocycles. The number of rotatable bonds is 4. The number of carbonyl (C=O) groups is 1. The SMILES string of the molecule is Nc1ccc2c(cnn2CC(=O)Nc2ccc(-c3ccccc3)cc2)c1. The van der Waals surface area contributed by atoms with Crippen molar-refractivity contribution in [3.8, 4) is 11.1 Å². The van der Waals surface area contributed by atoms with Gasteiger partial charge in [-0.1, -0.05) is 42.5 Å². The van der Waals surface area contributed by atoms with Gasteiger partial charge >= 0.3 is 0 Å². The minimum Gasteiger partial charge on any atom is -0.399 e. The van der Waals surface area contributed by atoms with Crippen molar-refractivity contribution < 1.29 is 4.79 Å². The first-order valence-corrected chi connectivity index (χ1v) is 8.35. The summed E-state index contributed by atoms with van der Waals surface area (Å²) in [6.45, 7) is 0.147. The highest BCUT2D eigenvalue weighted by atomic mass is 16.2. The van der Waals surface area contributed by atoms with Gasteiger partial charge in [0.1, 0.15) is 6.54 Å². The topological polar surface area (TPSA) is 72.9 Å². The van der Waals surface area contributed by atoms with Gasteiger partial charge in [-0.25, -0.2) is 0 Å². The summed E-state index contributed by atoms with van der Waals surface area (Å²) in [5, 5.41) is 8.10. The van der Waals surface area contributed by atoms with Crippen molar-refractivity contribution in [3.05, 3.63) is 79.0 Å². The number of nitrogens with two attached hydrogens (primary N) is 1. The fraction of sp³-hybridized carbons (Fsp3) is 0.0476. The number of hydrogen-bond acceptors (Lipinski definition) is 3. The van der Waals surface area contributed by atoms with Crippen LogP contribution in [0.5, 0.6) is 0 Å². The lowest BCUT2D eigenvalue weighted by Gasteiger charge is -2.08. The van der Waals surface area contributed by atoms with Crippen molar-refractivity contribution in [2.24, 2.45) is 0 Å². The third-order valence-corrected chi connectivity index (χ3v) is 4.24. The van der Waals surface area contributed by atoms with Crippen LogP contribution in [-0.4, -0.2) is 15.7 Å². The van der Waals surface area contributed by atoms with Crippen LogP contribution in [0.1, 0.15) is 0 Å². The quantitative estimate of drug-likeness (QED) is 0.552. The Morgan fingerprint density at radius 1 is 0.962 bits per heavy atom. The molecular weight excluding hydrogens is 324 g/mol. The molecule has 0 radical (unpaired) electrons. The van der Waals surface area contributed by atoms with Crippen molar-refractivity contribution in [3.63, 3.8) is 0 Å². The number of anilines is 2. The first-order chi connectivity index (χ1) is 12.7. The molecule has 3 N–H and O–H groups in total. The molecule has 0 fully saturated rings. The average Bonchev–Trinajstić information content (AvgIpc) is 3.04. The monoisotopic (exact) mass is 342 g/mol. The third kappa shape index (κ3) is 3.28. The van der Waals surface area contributed by atoms with Crippen molar-refractivity contribution >= 4 is 28.2 Å². The van der Waals surface area contributed by atoms with Crippen LogP contribution in [0.2, 0.25) is 0 Å². The maximum Gasteiger partial charge on any atom is 0.246 e. The van der Waals surface area contributed by atoms with Gasteiger partial charge in [0.05, 0.1) is 11.7 Å². The van der Waals surface area contributed by atoms with E-state index in [0.29, 0.717) is 5.69 Å². The van der Waals surface area contributed by atoms with Crippen LogP contribution in [0.25, 0.3) is 22.0 Å². The first-order valence-electron chi connectivity index (χ1n) is 8.35. The molecule has 5 nitrogen and oxygen atoms in total. The minimum atomic E-state index is -0.126. The maximum atomic E-state index is 12.3. The van der Waals surface area contributed by atoms with Crippen LogP contribution in [0.3, 0.4) is 0 Å². The van der Waals surface area contributed by atoms with E-state index in [-0.39, 0.29) is 12.5 Å². The summed E-state index contributed by atoms with van der Waals surface area (Å²) in [7, 11) is 0. The van der Waals surface area contributed by atoms with Crippen molar-refractivity contribution in [2.75, 3.05) is 11.1 Å². The molecule has 0 aliphatic carbocycles. The molecule has 0 saturated carbocycles. The van der Waals surface area contributed by atoms with E-state index < -0.39 is 0 Å². The molecule has 5 heteroatoms. The largest absolute Gasteiger partial charge is 0.399 e. The first kappa shape index (κ1) is 15.9. The zero-order valence-electron chi connectivity index (χ0n) is 14.1. The number of nitrogen functional groups attached to an aromatic ring is 1. The summed E-state index contributed by atoms with van der Waals surface area (Å²) in [5.74, 6) is -0.126. The van der Waals surface area contributed by atoms with Crippen molar-refractivity contribution in [1.82, 2.24) is 9.78 Å². The maximum absolute atomic E-state index is 12.3. The number of amides is 1. The Bertz CT molecular complexity index is 1050. The molecule has 0 bridgehead atoms. The van der Waals surface area contributed by atoms with Crippen LogP contribution in [-0.2, 0) is 11.3 Å². The van der Waals surface area contributed by atoms with Crippen LogP contribution in [0.15, 0.2) is 79.0 Å². The fourth-order valence-electron chi connectivity index (χ4n) is 2.94. The van der Waals surface area contributed by atoms with Crippen LogP contribution in [0.4, 0.5) is 11.4 Å². The Labute approximate surface area is 151 Å². The highest BCUT2D eigenvalue weighted by Gasteiger charge is 2.08. The minimum absolute atomic E-state index is 0.126. The molecule has 1 amide bonds. The average molecular weight is 342 g/mol. The smallest absolute Gasteiger partial charge is 0.246 e. The molecule has 0 saturated heterocycles. The van der Waals surface area contributed by atoms with Crippen molar-refractivity contribution in [1.29, 1.82) is 0 Å². The van der Waals surface area contributed by atoms with Crippen LogP contribution >= 0.6 is 0 Å². The molecule has 0 atom stereocenters. The highest BCUT2D eigenvalue weighted by molar-refractivity contribution is 5.92. The lowest BCUT2D eigenvalue weighted by molar-refractivity contribution is -0.116. The van der Waals surface area contributed by atoms with E-state index in [0.717, 1.165) is 27.7 Å². The number of nitrogens with zero attached hydrogens (tertiary/aromatic N) is 2. The van der Waals surface area contributed by atoms with E-state index in [4.69, 9.17) is 5.73 Å². The lowest BCUT2D eigenvalue weighted by atomic mass is 10.1. The molecule has 4 rings (SSSR count). The van der Waals surface area contributed by atoms with Gasteiger partial charge in [0.15, 0.2) is 0 Å². The van der Waals surface area contributed by atoms with E-state index >= 15 is 0 Å². The molecule has 0 aliphatic heterocycles. The fourth-order valence-corrected chi connectivity index (χ4v) is 2.94. The Kier molecular flexibility index (Phi) is 4.11. The van der Waals surface area contributed by atoms with E-state index in [1.165, 1.54) is 0 Å². The van der Waals surface area contributed by atoms with E-state index in [1.807, 2.05) is 54.6 Å². The zero-order valence-corrected chi connectivity index (χ0v) is 14.1. The molecular formula is C21H18N4O. The molecule has 26 heavy (non-hydrogen) atoms. The Hall–Kier alpha value is -3.60. The van der Waals surface area contributed by atoms with Gasteiger partial charge in [-0.3, -0.25) is 9.48 Å². The summed E-state index contributed by atoms with van der Waals surface area (Å²) in [6, 6.07) is 23.5. The highest BCUT2D eigenvalue weighted by Crippen LogP contribution is 2.21. The third-order valence-electron chi connectivity index (χ3n) is 4.24. The number of carbonyl (C=O) groups excluding carboxylic acids is 1. The summed E-state index contributed by atoms with van der Waals surface area (Å²) in [4.78, 5) is 12.3. The summed E-state index contributed by atoms with van der Waals surface area (Å²) >= 11 is 0. The Morgan fingerprint density at radius 2 is 1.69 bits per heavy atom. The van der Waals surface area contributed by atoms with Crippen LogP contribution in [0, 0.1) is 0 Å². The molecule has 0 spiro atoms. The molecule has 0 unspecified atom stereocenters. The molecule has 0 aliphatic rings. The summed E-state index contributed by atoms with van der Waals surface area (Å²) in [5.41, 5.74) is 10.4. The predicted molar refractivity (Wildman–Crippen MR) is 105 cm³/mol. The molecule has 3 aromatic carbocycles. The van der Waals surface area contributed by atoms with Crippen LogP contribution < -0.4 is 11.1 Å². The van der Waals surface area contributed by atoms with Gasteiger partial charge in [0, 0.05) is 16.8 Å². The summed E-state index contributed by atoms with van der Waals surface area (Å²) < 4.78 is 1.67. The van der Waals surface area contributed by atoms with Gasteiger partial charge in [0.2, 0.25) is 5.91 Å². The number of fused-ring (bicyclic) bond motifs is 1. The van der Waals surface area contributed by atoms with E-state index in [2.05, 4.69) is 22.5 Å². The Balaban J connectivity index is 1.46. The van der Waals surface area contributed by atoms with E-state index in [9.17, 15) is 4.79 Å². The number of aromatic nitrogens is 2. The lowest BCUT2D eigenvalue weighted by Crippen LogP contribution is -2.19. The standard InChI is InChI=1S/C21H18N4O/c22-18-8-11-20-17(12-18)13-23-25(20)14-21(26)24-19-9-6-16(7-10-19)15-4-2-1-3-5-15/h1-13H,14,22H2,(H,24,26). The van der Waals surface area contributed by atoms with Crippen molar-refractivity contribution in [2.45, 2.75) is 6.54 Å². The van der Waals surface area contributed by atoms with Gasteiger partial charge in [-0.2, -0.15) is 5.10 Å². The molecule has 1 heterocycles. The number of nitrogens with one attached hydrogen (secondary N) is 1. The van der Waals surface area contributed by atoms with Gasteiger partial charge in [-0.15, -0.1) is 0 Å². The number of benzene rings is 3. The molecule has 4 aromatic rings. The number of hydrogen-bond donors (Lipinski definition) is 2. The van der Waals surface area contributed by atoms with E-state index in [1.54, 1.807) is 16.9 Å². The Morgan fingerprint density at radius 3 is 2.46 bits per heavy atom. The van der Waals surface area contributed by atoms with Gasteiger partial charge in [-0.05, 0) is 41.5 Å². The molecule has 128 valence electrons. The predicted octanol–water partition coefficient (Wildman–Crippen LogP) is 3.92. The summed E-state index contributed by atoms with van der Waals surface area (Å²) in [6.07, 6.45) is 1.72. The van der Waals surface area contributed by atoms with Gasteiger partial charge in [0.25, 0.3) is 0 Å².